The number of halogens is 3. The lowest BCUT2D eigenvalue weighted by Gasteiger charge is -2.14. The van der Waals surface area contributed by atoms with E-state index in [1.54, 1.807) is 25.3 Å². The van der Waals surface area contributed by atoms with Crippen molar-refractivity contribution in [1.82, 2.24) is 14.8 Å². The predicted octanol–water partition coefficient (Wildman–Crippen LogP) is 4.72. The number of nitrogens with two attached hydrogens (primary N) is 1. The van der Waals surface area contributed by atoms with E-state index >= 15 is 0 Å². The monoisotopic (exact) mass is 479 g/mol. The highest BCUT2D eigenvalue weighted by Gasteiger charge is 2.27. The van der Waals surface area contributed by atoms with Crippen molar-refractivity contribution < 1.29 is 22.8 Å². The van der Waals surface area contributed by atoms with Gasteiger partial charge in [-0.05, 0) is 18.2 Å². The first-order chi connectivity index (χ1) is 15.2. The fraction of sp³-hybridized carbons (Fsp3) is 0.200. The molecule has 32 heavy (non-hydrogen) atoms. The van der Waals surface area contributed by atoms with Crippen molar-refractivity contribution in [3.8, 4) is 11.3 Å². The van der Waals surface area contributed by atoms with Crippen LogP contribution in [0.3, 0.4) is 0 Å². The number of thiophene rings is 1. The first-order valence-electron chi connectivity index (χ1n) is 9.32. The van der Waals surface area contributed by atoms with Crippen LogP contribution in [-0.2, 0) is 11.3 Å². The van der Waals surface area contributed by atoms with E-state index in [-0.39, 0.29) is 33.3 Å². The molecule has 0 saturated heterocycles. The highest BCUT2D eigenvalue weighted by molar-refractivity contribution is 7.21. The Bertz CT molecular complexity index is 1300. The molecule has 0 aliphatic heterocycles. The largest absolute Gasteiger partial charge is 0.464 e. The molecule has 2 amide bonds. The van der Waals surface area contributed by atoms with Gasteiger partial charge in [-0.15, -0.1) is 11.3 Å². The molecule has 4 aromatic heterocycles. The number of nitrogens with one attached hydrogen (secondary N) is 1. The molecule has 8 nitrogen and oxygen atoms in total. The van der Waals surface area contributed by atoms with Crippen LogP contribution in [0.5, 0.6) is 0 Å². The molecule has 0 saturated carbocycles. The Labute approximate surface area is 189 Å². The Morgan fingerprint density at radius 1 is 1.41 bits per heavy atom. The van der Waals surface area contributed by atoms with E-state index in [0.29, 0.717) is 10.4 Å². The number of nitrogens with zero attached hydrogens (tertiary/aromatic N) is 3. The van der Waals surface area contributed by atoms with Crippen LogP contribution in [0.15, 0.2) is 41.3 Å². The number of anilines is 1. The van der Waals surface area contributed by atoms with Crippen molar-refractivity contribution in [3.05, 3.63) is 52.4 Å². The van der Waals surface area contributed by atoms with Crippen molar-refractivity contribution in [2.24, 2.45) is 11.7 Å². The van der Waals surface area contributed by atoms with Crippen molar-refractivity contribution in [2.75, 3.05) is 5.32 Å². The van der Waals surface area contributed by atoms with Gasteiger partial charge in [-0.25, -0.2) is 13.8 Å². The molecule has 0 bridgehead atoms. The fourth-order valence-electron chi connectivity index (χ4n) is 3.20. The quantitative estimate of drug-likeness (QED) is 0.398. The van der Waals surface area contributed by atoms with Gasteiger partial charge >= 0.3 is 0 Å². The number of amides is 2. The van der Waals surface area contributed by atoms with Gasteiger partial charge in [0.05, 0.1) is 35.6 Å². The number of aromatic nitrogens is 3. The molecule has 12 heteroatoms. The SMILES string of the molecule is CC(Cn1cc(Cl)cn1)C(=O)Nc1c(C(N)=O)sc2nc(C(F)F)cc(-c3ccco3)c12. The zero-order valence-electron chi connectivity index (χ0n) is 16.5. The van der Waals surface area contributed by atoms with Gasteiger partial charge in [0, 0.05) is 17.1 Å². The van der Waals surface area contributed by atoms with Crippen LogP contribution >= 0.6 is 22.9 Å². The molecule has 166 valence electrons. The normalized spacial score (nSPS) is 12.4. The molecule has 4 aromatic rings. The maximum atomic E-state index is 13.4. The third kappa shape index (κ3) is 4.21. The highest BCUT2D eigenvalue weighted by Crippen LogP contribution is 2.42. The van der Waals surface area contributed by atoms with Gasteiger partial charge in [-0.1, -0.05) is 18.5 Å². The van der Waals surface area contributed by atoms with Gasteiger partial charge in [0.2, 0.25) is 5.91 Å². The van der Waals surface area contributed by atoms with Crippen molar-refractivity contribution >= 4 is 50.7 Å². The predicted molar refractivity (Wildman–Crippen MR) is 116 cm³/mol. The Morgan fingerprint density at radius 3 is 2.78 bits per heavy atom. The van der Waals surface area contributed by atoms with Gasteiger partial charge in [0.1, 0.15) is 21.2 Å². The smallest absolute Gasteiger partial charge is 0.280 e. The van der Waals surface area contributed by atoms with Crippen molar-refractivity contribution in [2.45, 2.75) is 19.9 Å². The van der Waals surface area contributed by atoms with E-state index in [1.165, 1.54) is 23.2 Å². The molecule has 0 aliphatic carbocycles. The van der Waals surface area contributed by atoms with Crippen LogP contribution in [0, 0.1) is 5.92 Å². The Morgan fingerprint density at radius 2 is 2.19 bits per heavy atom. The molecule has 0 fully saturated rings. The minimum atomic E-state index is -2.84. The number of furan rings is 1. The molecule has 0 radical (unpaired) electrons. The molecule has 4 rings (SSSR count). The second-order valence-corrected chi connectivity index (χ2v) is 8.43. The van der Waals surface area contributed by atoms with Crippen LogP contribution in [0.25, 0.3) is 21.5 Å². The summed E-state index contributed by atoms with van der Waals surface area (Å²) in [6.07, 6.45) is 1.57. The number of primary amides is 1. The van der Waals surface area contributed by atoms with E-state index in [9.17, 15) is 18.4 Å². The van der Waals surface area contributed by atoms with Crippen LogP contribution in [0.2, 0.25) is 5.02 Å². The maximum Gasteiger partial charge on any atom is 0.280 e. The number of pyridine rings is 1. The number of alkyl halides is 2. The molecule has 0 aliphatic rings. The number of hydrogen-bond acceptors (Lipinski definition) is 6. The second-order valence-electron chi connectivity index (χ2n) is 6.99. The third-order valence-electron chi connectivity index (χ3n) is 4.67. The lowest BCUT2D eigenvalue weighted by Crippen LogP contribution is -2.25. The maximum absolute atomic E-state index is 13.4. The summed E-state index contributed by atoms with van der Waals surface area (Å²) in [6.45, 7) is 1.90. The average Bonchev–Trinajstić information content (AvgIpc) is 3.48. The Hall–Kier alpha value is -3.31. The number of rotatable bonds is 7. The molecule has 3 N–H and O–H groups in total. The lowest BCUT2D eigenvalue weighted by molar-refractivity contribution is -0.119. The summed E-state index contributed by atoms with van der Waals surface area (Å²) in [4.78, 5) is 29.1. The Kier molecular flexibility index (Phi) is 5.94. The molecule has 0 spiro atoms. The Balaban J connectivity index is 1.79. The van der Waals surface area contributed by atoms with E-state index in [0.717, 1.165) is 11.3 Å². The third-order valence-corrected chi connectivity index (χ3v) is 5.97. The van der Waals surface area contributed by atoms with E-state index in [1.807, 2.05) is 0 Å². The molecular weight excluding hydrogens is 464 g/mol. The number of fused-ring (bicyclic) bond motifs is 1. The summed E-state index contributed by atoms with van der Waals surface area (Å²) in [5, 5.41) is 7.49. The van der Waals surface area contributed by atoms with Crippen molar-refractivity contribution in [3.63, 3.8) is 0 Å². The van der Waals surface area contributed by atoms with E-state index in [4.69, 9.17) is 21.8 Å². The van der Waals surface area contributed by atoms with E-state index in [2.05, 4.69) is 15.4 Å². The summed E-state index contributed by atoms with van der Waals surface area (Å²) in [5.41, 5.74) is 5.40. The first-order valence-corrected chi connectivity index (χ1v) is 10.5. The molecule has 0 aromatic carbocycles. The van der Waals surface area contributed by atoms with Crippen molar-refractivity contribution in [1.29, 1.82) is 0 Å². The molecule has 1 unspecified atom stereocenters. The average molecular weight is 480 g/mol. The summed E-state index contributed by atoms with van der Waals surface area (Å²) < 4.78 is 33.8. The first kappa shape index (κ1) is 21.9. The number of carbonyl (C=O) groups is 2. The summed E-state index contributed by atoms with van der Waals surface area (Å²) >= 11 is 6.68. The standard InChI is InChI=1S/C20H16ClF2N5O3S/c1-9(7-28-8-10(21)6-25-28)19(30)27-15-14-11(13-3-2-4-31-13)5-12(17(22)23)26-20(14)32-16(15)18(24)29/h2-6,8-9,17H,7H2,1H3,(H2,24,29)(H,27,30). The van der Waals surface area contributed by atoms with Crippen LogP contribution in [0.4, 0.5) is 14.5 Å². The van der Waals surface area contributed by atoms with Gasteiger partial charge < -0.3 is 15.5 Å². The summed E-state index contributed by atoms with van der Waals surface area (Å²) in [7, 11) is 0. The molecular formula is C20H16ClF2N5O3S. The zero-order chi connectivity index (χ0) is 23.0. The van der Waals surface area contributed by atoms with E-state index < -0.39 is 29.9 Å². The van der Waals surface area contributed by atoms with Crippen LogP contribution < -0.4 is 11.1 Å². The van der Waals surface area contributed by atoms with Gasteiger partial charge in [0.25, 0.3) is 12.3 Å². The topological polar surface area (TPSA) is 116 Å². The lowest BCUT2D eigenvalue weighted by atomic mass is 10.1. The second kappa shape index (κ2) is 8.67. The summed E-state index contributed by atoms with van der Waals surface area (Å²) in [5.74, 6) is -1.54. The van der Waals surface area contributed by atoms with Gasteiger partial charge in [-0.3, -0.25) is 14.3 Å². The van der Waals surface area contributed by atoms with Gasteiger partial charge in [-0.2, -0.15) is 5.10 Å². The molecule has 1 atom stereocenters. The van der Waals surface area contributed by atoms with Crippen LogP contribution in [0.1, 0.15) is 28.7 Å². The molecule has 4 heterocycles. The minimum Gasteiger partial charge on any atom is -0.464 e. The fourth-order valence-corrected chi connectivity index (χ4v) is 4.37. The highest BCUT2D eigenvalue weighted by atomic mass is 35.5. The van der Waals surface area contributed by atoms with Crippen LogP contribution in [-0.4, -0.2) is 26.6 Å². The minimum absolute atomic E-state index is 0.00518. The number of hydrogen-bond donors (Lipinski definition) is 2. The van der Waals surface area contributed by atoms with Gasteiger partial charge in [0.15, 0.2) is 0 Å². The summed E-state index contributed by atoms with van der Waals surface area (Å²) in [6, 6.07) is 4.36. The zero-order valence-corrected chi connectivity index (χ0v) is 18.1. The number of carbonyl (C=O) groups excluding carboxylic acids is 2.